The van der Waals surface area contributed by atoms with E-state index in [1.165, 1.54) is 0 Å². The van der Waals surface area contributed by atoms with Crippen LogP contribution in [0.2, 0.25) is 0 Å². The molecule has 3 heteroatoms. The van der Waals surface area contributed by atoms with E-state index in [0.717, 1.165) is 19.5 Å². The van der Waals surface area contributed by atoms with Gasteiger partial charge < -0.3 is 10.6 Å². The maximum atomic E-state index is 11.6. The first-order valence-electron chi connectivity index (χ1n) is 5.13. The van der Waals surface area contributed by atoms with Gasteiger partial charge in [0.25, 0.3) is 0 Å². The van der Waals surface area contributed by atoms with Gasteiger partial charge in [-0.2, -0.15) is 0 Å². The van der Waals surface area contributed by atoms with E-state index in [-0.39, 0.29) is 11.8 Å². The van der Waals surface area contributed by atoms with E-state index in [2.05, 4.69) is 22.5 Å². The predicted octanol–water partition coefficient (Wildman–Crippen LogP) is 0.372. The van der Waals surface area contributed by atoms with E-state index in [4.69, 9.17) is 0 Å². The number of carbonyl (C=O) groups is 1. The van der Waals surface area contributed by atoms with Crippen LogP contribution in [0.25, 0.3) is 0 Å². The molecule has 1 heterocycles. The molecule has 0 radical (unpaired) electrons. The Bertz CT molecular complexity index is 248. The zero-order chi connectivity index (χ0) is 10.4. The van der Waals surface area contributed by atoms with Crippen LogP contribution < -0.4 is 10.6 Å². The summed E-state index contributed by atoms with van der Waals surface area (Å²) < 4.78 is 0. The summed E-state index contributed by atoms with van der Waals surface area (Å²) in [6.07, 6.45) is 0.748. The lowest BCUT2D eigenvalue weighted by Gasteiger charge is -2.31. The molecular weight excluding hydrogens is 176 g/mol. The van der Waals surface area contributed by atoms with E-state index in [0.29, 0.717) is 12.5 Å². The summed E-state index contributed by atoms with van der Waals surface area (Å²) in [5, 5.41) is 6.07. The zero-order valence-electron chi connectivity index (χ0n) is 8.89. The maximum absolute atomic E-state index is 11.6. The molecule has 78 valence electrons. The number of hydrogen-bond donors (Lipinski definition) is 2. The standard InChI is InChI=1S/C11H18N2O/c1-3-4-5-6-13-11(14)9(2)10-7-12-8-10/h9-10,12H,5-8H2,1-2H3,(H,13,14). The fraction of sp³-hybridized carbons (Fsp3) is 0.727. The largest absolute Gasteiger partial charge is 0.355 e. The molecule has 1 rings (SSSR count). The highest BCUT2D eigenvalue weighted by Crippen LogP contribution is 2.15. The van der Waals surface area contributed by atoms with Crippen molar-refractivity contribution in [3.63, 3.8) is 0 Å². The lowest BCUT2D eigenvalue weighted by molar-refractivity contribution is -0.126. The van der Waals surface area contributed by atoms with E-state index >= 15 is 0 Å². The topological polar surface area (TPSA) is 41.1 Å². The SMILES string of the molecule is CC#CCCNC(=O)C(C)C1CNC1. The van der Waals surface area contributed by atoms with Gasteiger partial charge in [-0.3, -0.25) is 4.79 Å². The average molecular weight is 194 g/mol. The minimum absolute atomic E-state index is 0.130. The third kappa shape index (κ3) is 3.04. The first-order chi connectivity index (χ1) is 6.75. The van der Waals surface area contributed by atoms with Crippen molar-refractivity contribution in [3.05, 3.63) is 0 Å². The lowest BCUT2D eigenvalue weighted by Crippen LogP contribution is -2.49. The highest BCUT2D eigenvalue weighted by atomic mass is 16.1. The zero-order valence-corrected chi connectivity index (χ0v) is 8.89. The van der Waals surface area contributed by atoms with E-state index in [1.54, 1.807) is 0 Å². The predicted molar refractivity (Wildman–Crippen MR) is 56.6 cm³/mol. The van der Waals surface area contributed by atoms with Gasteiger partial charge >= 0.3 is 0 Å². The normalized spacial score (nSPS) is 17.6. The summed E-state index contributed by atoms with van der Waals surface area (Å²) in [6, 6.07) is 0. The summed E-state index contributed by atoms with van der Waals surface area (Å²) in [5.74, 6) is 6.54. The molecule has 2 N–H and O–H groups in total. The Balaban J connectivity index is 2.15. The Morgan fingerprint density at radius 2 is 2.36 bits per heavy atom. The third-order valence-electron chi connectivity index (χ3n) is 2.66. The summed E-state index contributed by atoms with van der Waals surface area (Å²) in [6.45, 7) is 6.42. The minimum atomic E-state index is 0.130. The Kier molecular flexibility index (Phi) is 4.48. The van der Waals surface area contributed by atoms with Crippen LogP contribution in [0.3, 0.4) is 0 Å². The summed E-state index contributed by atoms with van der Waals surface area (Å²) in [5.41, 5.74) is 0. The van der Waals surface area contributed by atoms with Crippen LogP contribution in [0.1, 0.15) is 20.3 Å². The van der Waals surface area contributed by atoms with E-state index in [1.807, 2.05) is 13.8 Å². The molecule has 0 spiro atoms. The molecule has 1 unspecified atom stereocenters. The van der Waals surface area contributed by atoms with Gasteiger partial charge in [0, 0.05) is 18.9 Å². The second-order valence-corrected chi connectivity index (χ2v) is 3.67. The summed E-state index contributed by atoms with van der Waals surface area (Å²) in [4.78, 5) is 11.6. The number of carbonyl (C=O) groups excluding carboxylic acids is 1. The molecular formula is C11H18N2O. The van der Waals surface area contributed by atoms with Crippen LogP contribution in [-0.4, -0.2) is 25.5 Å². The molecule has 1 amide bonds. The average Bonchev–Trinajstić information content (AvgIpc) is 2.09. The second-order valence-electron chi connectivity index (χ2n) is 3.67. The molecule has 1 aliphatic heterocycles. The Labute approximate surface area is 85.6 Å². The molecule has 1 fully saturated rings. The monoisotopic (exact) mass is 194 g/mol. The summed E-state index contributed by atoms with van der Waals surface area (Å²) >= 11 is 0. The quantitative estimate of drug-likeness (QED) is 0.501. The molecule has 1 aliphatic rings. The number of nitrogens with one attached hydrogen (secondary N) is 2. The van der Waals surface area contributed by atoms with Crippen molar-refractivity contribution in [3.8, 4) is 11.8 Å². The van der Waals surface area contributed by atoms with Crippen molar-refractivity contribution in [2.45, 2.75) is 20.3 Å². The van der Waals surface area contributed by atoms with Crippen molar-refractivity contribution in [2.75, 3.05) is 19.6 Å². The van der Waals surface area contributed by atoms with E-state index in [9.17, 15) is 4.79 Å². The molecule has 14 heavy (non-hydrogen) atoms. The van der Waals surface area contributed by atoms with Crippen LogP contribution >= 0.6 is 0 Å². The highest BCUT2D eigenvalue weighted by Gasteiger charge is 2.28. The van der Waals surface area contributed by atoms with Crippen molar-refractivity contribution in [1.29, 1.82) is 0 Å². The van der Waals surface area contributed by atoms with E-state index < -0.39 is 0 Å². The first-order valence-corrected chi connectivity index (χ1v) is 5.13. The first kappa shape index (κ1) is 11.1. The maximum Gasteiger partial charge on any atom is 0.223 e. The fourth-order valence-corrected chi connectivity index (χ4v) is 1.41. The smallest absolute Gasteiger partial charge is 0.223 e. The highest BCUT2D eigenvalue weighted by molar-refractivity contribution is 5.78. The van der Waals surface area contributed by atoms with Gasteiger partial charge in [-0.1, -0.05) is 6.92 Å². The van der Waals surface area contributed by atoms with Gasteiger partial charge in [0.15, 0.2) is 0 Å². The Hall–Kier alpha value is -1.01. The Morgan fingerprint density at radius 3 is 2.86 bits per heavy atom. The van der Waals surface area contributed by atoms with Gasteiger partial charge in [0.05, 0.1) is 0 Å². The molecule has 0 aromatic carbocycles. The molecule has 1 saturated heterocycles. The van der Waals surface area contributed by atoms with Crippen LogP contribution in [0.5, 0.6) is 0 Å². The lowest BCUT2D eigenvalue weighted by atomic mass is 9.88. The molecule has 0 saturated carbocycles. The molecule has 0 aliphatic carbocycles. The van der Waals surface area contributed by atoms with Crippen molar-refractivity contribution >= 4 is 5.91 Å². The molecule has 3 nitrogen and oxygen atoms in total. The van der Waals surface area contributed by atoms with Gasteiger partial charge in [-0.05, 0) is 25.9 Å². The number of rotatable bonds is 4. The third-order valence-corrected chi connectivity index (χ3v) is 2.66. The van der Waals surface area contributed by atoms with Crippen molar-refractivity contribution < 1.29 is 4.79 Å². The molecule has 1 atom stereocenters. The van der Waals surface area contributed by atoms with Crippen LogP contribution in [0.4, 0.5) is 0 Å². The molecule has 0 aromatic heterocycles. The Morgan fingerprint density at radius 1 is 1.64 bits per heavy atom. The van der Waals surface area contributed by atoms with Gasteiger partial charge in [0.1, 0.15) is 0 Å². The second kappa shape index (κ2) is 5.66. The van der Waals surface area contributed by atoms with Crippen molar-refractivity contribution in [1.82, 2.24) is 10.6 Å². The van der Waals surface area contributed by atoms with Gasteiger partial charge in [-0.25, -0.2) is 0 Å². The summed E-state index contributed by atoms with van der Waals surface area (Å²) in [7, 11) is 0. The van der Waals surface area contributed by atoms with Crippen LogP contribution in [-0.2, 0) is 4.79 Å². The number of amides is 1. The molecule has 0 bridgehead atoms. The van der Waals surface area contributed by atoms with Crippen molar-refractivity contribution in [2.24, 2.45) is 11.8 Å². The van der Waals surface area contributed by atoms with Crippen LogP contribution in [0, 0.1) is 23.7 Å². The van der Waals surface area contributed by atoms with Crippen LogP contribution in [0.15, 0.2) is 0 Å². The minimum Gasteiger partial charge on any atom is -0.355 e. The van der Waals surface area contributed by atoms with Gasteiger partial charge in [-0.15, -0.1) is 11.8 Å². The fourth-order valence-electron chi connectivity index (χ4n) is 1.41. The van der Waals surface area contributed by atoms with Gasteiger partial charge in [0.2, 0.25) is 5.91 Å². The molecule has 0 aromatic rings. The number of hydrogen-bond acceptors (Lipinski definition) is 2.